The Morgan fingerprint density at radius 2 is 1.85 bits per heavy atom. The lowest BCUT2D eigenvalue weighted by Crippen LogP contribution is -2.41. The number of hydrogen-bond donors (Lipinski definition) is 2. The third-order valence-corrected chi connectivity index (χ3v) is 7.82. The predicted octanol–water partition coefficient (Wildman–Crippen LogP) is 4.51. The molecule has 2 aromatic heterocycles. The number of carbonyl (C=O) groups is 1. The fraction of sp³-hybridized carbons (Fsp3) is 0.400. The van der Waals surface area contributed by atoms with Gasteiger partial charge in [0.15, 0.2) is 0 Å². The second-order valence-corrected chi connectivity index (χ2v) is 10.5. The second-order valence-electron chi connectivity index (χ2n) is 10.5. The standard InChI is InChI=1S/C30H33N5O4/c1-18-27(19(2)39-34-18)21-8-13-25-24(16-21)29(35-14-15-38-17-26(35)20-6-4-3-5-7-20)33-28(32-25)30(37)31-22-9-11-23(36)12-10-22/h3-8,13,16,22-23,26,36H,9-12,14-15,17H2,1-2H3,(H,31,37)/t22-,23-,26?. The van der Waals surface area contributed by atoms with Crippen LogP contribution in [0.4, 0.5) is 5.82 Å². The maximum Gasteiger partial charge on any atom is 0.289 e. The molecule has 0 radical (unpaired) electrons. The summed E-state index contributed by atoms with van der Waals surface area (Å²) in [5, 5.41) is 17.9. The summed E-state index contributed by atoms with van der Waals surface area (Å²) < 4.78 is 11.3. The molecule has 202 valence electrons. The molecule has 1 atom stereocenters. The molecule has 6 rings (SSSR count). The van der Waals surface area contributed by atoms with Gasteiger partial charge < -0.3 is 24.6 Å². The number of hydrogen-bond acceptors (Lipinski definition) is 8. The number of aryl methyl sites for hydroxylation is 2. The number of ether oxygens (including phenoxy) is 1. The van der Waals surface area contributed by atoms with Gasteiger partial charge in [-0.05, 0) is 62.8 Å². The molecule has 1 aliphatic heterocycles. The maximum absolute atomic E-state index is 13.4. The van der Waals surface area contributed by atoms with E-state index in [1.54, 1.807) is 0 Å². The van der Waals surface area contributed by atoms with E-state index in [0.29, 0.717) is 43.9 Å². The average molecular weight is 528 g/mol. The largest absolute Gasteiger partial charge is 0.393 e. The zero-order valence-electron chi connectivity index (χ0n) is 22.3. The predicted molar refractivity (Wildman–Crippen MR) is 148 cm³/mol. The van der Waals surface area contributed by atoms with Crippen LogP contribution in [0.1, 0.15) is 59.4 Å². The van der Waals surface area contributed by atoms with Gasteiger partial charge in [0.1, 0.15) is 11.6 Å². The number of fused-ring (bicyclic) bond motifs is 1. The number of carbonyl (C=O) groups excluding carboxylic acids is 1. The first-order valence-electron chi connectivity index (χ1n) is 13.6. The number of aliphatic hydroxyl groups is 1. The summed E-state index contributed by atoms with van der Waals surface area (Å²) in [5.74, 6) is 1.30. The number of nitrogens with one attached hydrogen (secondary N) is 1. The Labute approximate surface area is 227 Å². The van der Waals surface area contributed by atoms with Gasteiger partial charge in [0.2, 0.25) is 5.82 Å². The molecule has 0 spiro atoms. The Kier molecular flexibility index (Phi) is 7.01. The van der Waals surface area contributed by atoms with Crippen LogP contribution in [0.2, 0.25) is 0 Å². The van der Waals surface area contributed by atoms with Crippen molar-refractivity contribution in [1.82, 2.24) is 20.4 Å². The highest BCUT2D eigenvalue weighted by Gasteiger charge is 2.30. The van der Waals surface area contributed by atoms with Gasteiger partial charge in [0.05, 0.1) is 36.6 Å². The van der Waals surface area contributed by atoms with Crippen LogP contribution in [-0.4, -0.2) is 58.0 Å². The highest BCUT2D eigenvalue weighted by atomic mass is 16.5. The number of anilines is 1. The summed E-state index contributed by atoms with van der Waals surface area (Å²) in [5.41, 5.74) is 4.55. The van der Waals surface area contributed by atoms with Crippen LogP contribution in [0.5, 0.6) is 0 Å². The van der Waals surface area contributed by atoms with E-state index in [1.165, 1.54) is 0 Å². The molecule has 1 amide bonds. The van der Waals surface area contributed by atoms with Crippen LogP contribution < -0.4 is 10.2 Å². The molecule has 4 aromatic rings. The number of aliphatic hydroxyl groups excluding tert-OH is 1. The van der Waals surface area contributed by atoms with Gasteiger partial charge >= 0.3 is 0 Å². The number of aromatic nitrogens is 3. The summed E-state index contributed by atoms with van der Waals surface area (Å²) in [6.07, 6.45) is 2.57. The van der Waals surface area contributed by atoms with Crippen molar-refractivity contribution in [3.05, 3.63) is 71.4 Å². The Morgan fingerprint density at radius 3 is 2.59 bits per heavy atom. The molecule has 2 N–H and O–H groups in total. The second kappa shape index (κ2) is 10.7. The van der Waals surface area contributed by atoms with Crippen molar-refractivity contribution in [2.45, 2.75) is 57.7 Å². The summed E-state index contributed by atoms with van der Waals surface area (Å²) in [7, 11) is 0. The third kappa shape index (κ3) is 5.12. The lowest BCUT2D eigenvalue weighted by molar-refractivity contribution is 0.0857. The van der Waals surface area contributed by atoms with Crippen molar-refractivity contribution in [3.63, 3.8) is 0 Å². The quantitative estimate of drug-likeness (QED) is 0.390. The first-order chi connectivity index (χ1) is 19.0. The van der Waals surface area contributed by atoms with Gasteiger partial charge in [0.25, 0.3) is 5.91 Å². The highest BCUT2D eigenvalue weighted by Crippen LogP contribution is 2.36. The number of amides is 1. The third-order valence-electron chi connectivity index (χ3n) is 7.82. The lowest BCUT2D eigenvalue weighted by atomic mass is 9.93. The van der Waals surface area contributed by atoms with Gasteiger partial charge in [0, 0.05) is 23.5 Å². The van der Waals surface area contributed by atoms with Gasteiger partial charge in [-0.1, -0.05) is 41.6 Å². The molecule has 9 heteroatoms. The minimum atomic E-state index is -0.293. The normalized spacial score (nSPS) is 21.7. The molecule has 2 aliphatic rings. The summed E-state index contributed by atoms with van der Waals surface area (Å²) in [6.45, 7) is 5.54. The Hall–Kier alpha value is -3.82. The van der Waals surface area contributed by atoms with Crippen LogP contribution in [0, 0.1) is 13.8 Å². The molecule has 1 saturated carbocycles. The molecule has 3 heterocycles. The van der Waals surface area contributed by atoms with Crippen molar-refractivity contribution in [2.75, 3.05) is 24.7 Å². The van der Waals surface area contributed by atoms with Gasteiger partial charge in [-0.3, -0.25) is 4.79 Å². The molecule has 1 saturated heterocycles. The summed E-state index contributed by atoms with van der Waals surface area (Å²) in [4.78, 5) is 25.2. The fourth-order valence-corrected chi connectivity index (χ4v) is 5.76. The van der Waals surface area contributed by atoms with Crippen molar-refractivity contribution in [2.24, 2.45) is 0 Å². The lowest BCUT2D eigenvalue weighted by Gasteiger charge is -2.37. The van der Waals surface area contributed by atoms with Gasteiger partial charge in [-0.15, -0.1) is 0 Å². The molecule has 9 nitrogen and oxygen atoms in total. The van der Waals surface area contributed by atoms with Crippen LogP contribution in [0.15, 0.2) is 53.1 Å². The molecule has 2 fully saturated rings. The number of rotatable bonds is 5. The van der Waals surface area contributed by atoms with E-state index < -0.39 is 0 Å². The molecule has 2 aromatic carbocycles. The monoisotopic (exact) mass is 527 g/mol. The molecule has 1 unspecified atom stereocenters. The summed E-state index contributed by atoms with van der Waals surface area (Å²) >= 11 is 0. The molecule has 0 bridgehead atoms. The first-order valence-corrected chi connectivity index (χ1v) is 13.6. The average Bonchev–Trinajstić information content (AvgIpc) is 3.31. The molecule has 1 aliphatic carbocycles. The fourth-order valence-electron chi connectivity index (χ4n) is 5.76. The van der Waals surface area contributed by atoms with E-state index in [1.807, 2.05) is 44.2 Å². The van der Waals surface area contributed by atoms with Gasteiger partial charge in [-0.2, -0.15) is 0 Å². The topological polar surface area (TPSA) is 114 Å². The zero-order chi connectivity index (χ0) is 26.9. The summed E-state index contributed by atoms with van der Waals surface area (Å²) in [6, 6.07) is 16.2. The van der Waals surface area contributed by atoms with E-state index >= 15 is 0 Å². The van der Waals surface area contributed by atoms with Gasteiger partial charge in [-0.25, -0.2) is 9.97 Å². The Morgan fingerprint density at radius 1 is 1.05 bits per heavy atom. The van der Waals surface area contributed by atoms with E-state index in [4.69, 9.17) is 19.2 Å². The van der Waals surface area contributed by atoms with E-state index in [2.05, 4.69) is 33.6 Å². The van der Waals surface area contributed by atoms with Crippen LogP contribution in [0.3, 0.4) is 0 Å². The smallest absolute Gasteiger partial charge is 0.289 e. The van der Waals surface area contributed by atoms with Crippen molar-refractivity contribution in [3.8, 4) is 11.1 Å². The molecular formula is C30H33N5O4. The molecular weight excluding hydrogens is 494 g/mol. The Balaban J connectivity index is 1.45. The van der Waals surface area contributed by atoms with Crippen LogP contribution in [-0.2, 0) is 4.74 Å². The maximum atomic E-state index is 13.4. The highest BCUT2D eigenvalue weighted by molar-refractivity contribution is 5.98. The van der Waals surface area contributed by atoms with Crippen molar-refractivity contribution in [1.29, 1.82) is 0 Å². The minimum Gasteiger partial charge on any atom is -0.393 e. The molecule has 39 heavy (non-hydrogen) atoms. The van der Waals surface area contributed by atoms with E-state index in [9.17, 15) is 9.90 Å². The van der Waals surface area contributed by atoms with Crippen LogP contribution in [0.25, 0.3) is 22.0 Å². The first kappa shape index (κ1) is 25.5. The van der Waals surface area contributed by atoms with E-state index in [0.717, 1.165) is 46.4 Å². The minimum absolute atomic E-state index is 0.00557. The number of nitrogens with zero attached hydrogens (tertiary/aromatic N) is 4. The number of benzene rings is 2. The van der Waals surface area contributed by atoms with Crippen molar-refractivity contribution >= 4 is 22.6 Å². The van der Waals surface area contributed by atoms with Crippen LogP contribution >= 0.6 is 0 Å². The zero-order valence-corrected chi connectivity index (χ0v) is 22.3. The number of morpholine rings is 1. The van der Waals surface area contributed by atoms with Crippen molar-refractivity contribution < 1.29 is 19.2 Å². The SMILES string of the molecule is Cc1noc(C)c1-c1ccc2nc(C(=O)N[C@H]3CC[C@H](O)CC3)nc(N3CCOCC3c3ccccc3)c2c1. The Bertz CT molecular complexity index is 1460. The van der Waals surface area contributed by atoms with E-state index in [-0.39, 0.29) is 29.9 Å².